The van der Waals surface area contributed by atoms with E-state index >= 15 is 0 Å². The van der Waals surface area contributed by atoms with Crippen LogP contribution in [0.15, 0.2) is 18.2 Å². The van der Waals surface area contributed by atoms with Crippen molar-refractivity contribution in [2.75, 3.05) is 0 Å². The largest absolute Gasteiger partial charge is 0.390 e. The molecule has 1 unspecified atom stereocenters. The fraction of sp³-hybridized carbons (Fsp3) is 0.538. The van der Waals surface area contributed by atoms with Crippen molar-refractivity contribution in [2.24, 2.45) is 5.92 Å². The van der Waals surface area contributed by atoms with Gasteiger partial charge in [0.05, 0.1) is 10.6 Å². The van der Waals surface area contributed by atoms with Gasteiger partial charge in [-0.3, -0.25) is 0 Å². The summed E-state index contributed by atoms with van der Waals surface area (Å²) in [5.41, 5.74) is -0.419. The number of hydrogen-bond acceptors (Lipinski definition) is 1. The van der Waals surface area contributed by atoms with E-state index in [-0.39, 0.29) is 11.4 Å². The first-order chi connectivity index (χ1) is 7.32. The molecule has 0 amide bonds. The quantitative estimate of drug-likeness (QED) is 0.854. The van der Waals surface area contributed by atoms with Crippen LogP contribution in [0.2, 0.25) is 5.02 Å². The zero-order valence-corrected chi connectivity index (χ0v) is 10.7. The number of hydrogen-bond donors (Lipinski definition) is 1. The fourth-order valence-electron chi connectivity index (χ4n) is 2.05. The minimum Gasteiger partial charge on any atom is -0.390 e. The van der Waals surface area contributed by atoms with Crippen molar-refractivity contribution < 1.29 is 9.50 Å². The highest BCUT2D eigenvalue weighted by atomic mass is 35.5. The predicted molar refractivity (Wildman–Crippen MR) is 65.2 cm³/mol. The van der Waals surface area contributed by atoms with Crippen molar-refractivity contribution in [3.63, 3.8) is 0 Å². The Morgan fingerprint density at radius 1 is 1.44 bits per heavy atom. The van der Waals surface area contributed by atoms with Gasteiger partial charge in [-0.2, -0.15) is 0 Å². The van der Waals surface area contributed by atoms with E-state index in [0.717, 1.165) is 0 Å². The monoisotopic (exact) mass is 244 g/mol. The van der Waals surface area contributed by atoms with Crippen LogP contribution in [0.25, 0.3) is 0 Å². The summed E-state index contributed by atoms with van der Waals surface area (Å²) in [6, 6.07) is 4.87. The van der Waals surface area contributed by atoms with Crippen LogP contribution in [0, 0.1) is 11.7 Å². The lowest BCUT2D eigenvalue weighted by Gasteiger charge is -2.25. The van der Waals surface area contributed by atoms with Gasteiger partial charge in [0.1, 0.15) is 5.82 Å². The van der Waals surface area contributed by atoms with Crippen LogP contribution >= 0.6 is 11.6 Å². The van der Waals surface area contributed by atoms with Gasteiger partial charge in [-0.1, -0.05) is 37.6 Å². The standard InChI is InChI=1S/C13H18ClFO/c1-9(2)7-13(3,16)8-10-5-4-6-11(14)12(10)15/h4-6,9,16H,7-8H2,1-3H3. The molecule has 0 heterocycles. The van der Waals surface area contributed by atoms with Gasteiger partial charge in [-0.15, -0.1) is 0 Å². The average molecular weight is 245 g/mol. The molecule has 1 aromatic carbocycles. The third-order valence-electron chi connectivity index (χ3n) is 2.45. The van der Waals surface area contributed by atoms with Crippen molar-refractivity contribution in [3.8, 4) is 0 Å². The molecule has 0 aliphatic carbocycles. The summed E-state index contributed by atoms with van der Waals surface area (Å²) >= 11 is 5.69. The first-order valence-electron chi connectivity index (χ1n) is 5.47. The summed E-state index contributed by atoms with van der Waals surface area (Å²) in [5, 5.41) is 10.3. The Kier molecular flexibility index (Phi) is 4.34. The molecule has 0 saturated carbocycles. The molecule has 0 aromatic heterocycles. The van der Waals surface area contributed by atoms with E-state index in [0.29, 0.717) is 17.9 Å². The zero-order valence-electron chi connectivity index (χ0n) is 9.93. The van der Waals surface area contributed by atoms with Gasteiger partial charge >= 0.3 is 0 Å². The Hall–Kier alpha value is -0.600. The molecule has 1 nitrogen and oxygen atoms in total. The summed E-state index contributed by atoms with van der Waals surface area (Å²) in [7, 11) is 0. The molecule has 0 aliphatic heterocycles. The van der Waals surface area contributed by atoms with Crippen LogP contribution in [0.5, 0.6) is 0 Å². The molecular weight excluding hydrogens is 227 g/mol. The minimum absolute atomic E-state index is 0.109. The Labute approximate surface area is 101 Å². The predicted octanol–water partition coefficient (Wildman–Crippen LogP) is 3.82. The number of rotatable bonds is 4. The molecule has 0 bridgehead atoms. The maximum atomic E-state index is 13.6. The maximum absolute atomic E-state index is 13.6. The van der Waals surface area contributed by atoms with E-state index in [2.05, 4.69) is 0 Å². The van der Waals surface area contributed by atoms with Crippen molar-refractivity contribution in [2.45, 2.75) is 39.2 Å². The Balaban J connectivity index is 2.83. The Morgan fingerprint density at radius 3 is 2.62 bits per heavy atom. The van der Waals surface area contributed by atoms with Gasteiger partial charge in [0.2, 0.25) is 0 Å². The van der Waals surface area contributed by atoms with E-state index in [4.69, 9.17) is 11.6 Å². The number of benzene rings is 1. The first kappa shape index (κ1) is 13.5. The summed E-state index contributed by atoms with van der Waals surface area (Å²) < 4.78 is 13.6. The third kappa shape index (κ3) is 3.76. The first-order valence-corrected chi connectivity index (χ1v) is 5.85. The highest BCUT2D eigenvalue weighted by Gasteiger charge is 2.24. The highest BCUT2D eigenvalue weighted by Crippen LogP contribution is 2.25. The van der Waals surface area contributed by atoms with E-state index in [1.807, 2.05) is 13.8 Å². The van der Waals surface area contributed by atoms with Crippen LogP contribution in [0.4, 0.5) is 4.39 Å². The zero-order chi connectivity index (χ0) is 12.3. The molecule has 0 saturated heterocycles. The van der Waals surface area contributed by atoms with Gasteiger partial charge in [0.25, 0.3) is 0 Å². The van der Waals surface area contributed by atoms with E-state index in [1.54, 1.807) is 19.1 Å². The van der Waals surface area contributed by atoms with Gasteiger partial charge in [0, 0.05) is 6.42 Å². The lowest BCUT2D eigenvalue weighted by molar-refractivity contribution is 0.0380. The smallest absolute Gasteiger partial charge is 0.145 e. The second-order valence-corrected chi connectivity index (χ2v) is 5.39. The molecule has 3 heteroatoms. The van der Waals surface area contributed by atoms with Crippen LogP contribution in [-0.4, -0.2) is 10.7 Å². The SMILES string of the molecule is CC(C)CC(C)(O)Cc1cccc(Cl)c1F. The summed E-state index contributed by atoms with van der Waals surface area (Å²) in [4.78, 5) is 0. The van der Waals surface area contributed by atoms with Crippen molar-refractivity contribution in [3.05, 3.63) is 34.6 Å². The molecule has 0 fully saturated rings. The fourth-order valence-corrected chi connectivity index (χ4v) is 2.24. The Morgan fingerprint density at radius 2 is 2.06 bits per heavy atom. The van der Waals surface area contributed by atoms with Crippen molar-refractivity contribution in [1.82, 2.24) is 0 Å². The van der Waals surface area contributed by atoms with Crippen LogP contribution in [-0.2, 0) is 6.42 Å². The number of aliphatic hydroxyl groups is 1. The molecule has 0 radical (unpaired) electrons. The normalized spacial score (nSPS) is 15.2. The minimum atomic E-state index is -0.889. The van der Waals surface area contributed by atoms with Crippen molar-refractivity contribution in [1.29, 1.82) is 0 Å². The molecule has 1 atom stereocenters. The molecule has 1 rings (SSSR count). The second-order valence-electron chi connectivity index (χ2n) is 4.98. The number of halogens is 2. The van der Waals surface area contributed by atoms with Crippen LogP contribution in [0.3, 0.4) is 0 Å². The molecule has 16 heavy (non-hydrogen) atoms. The topological polar surface area (TPSA) is 20.2 Å². The van der Waals surface area contributed by atoms with Gasteiger partial charge in [0.15, 0.2) is 0 Å². The summed E-state index contributed by atoms with van der Waals surface area (Å²) in [6.45, 7) is 5.79. The molecule has 90 valence electrons. The second kappa shape index (κ2) is 5.15. The third-order valence-corrected chi connectivity index (χ3v) is 2.74. The van der Waals surface area contributed by atoms with E-state index in [9.17, 15) is 9.50 Å². The van der Waals surface area contributed by atoms with Gasteiger partial charge in [-0.25, -0.2) is 4.39 Å². The molecule has 0 spiro atoms. The van der Waals surface area contributed by atoms with Crippen LogP contribution < -0.4 is 0 Å². The van der Waals surface area contributed by atoms with Gasteiger partial charge < -0.3 is 5.11 Å². The van der Waals surface area contributed by atoms with Gasteiger partial charge in [-0.05, 0) is 30.9 Å². The maximum Gasteiger partial charge on any atom is 0.145 e. The average Bonchev–Trinajstić information content (AvgIpc) is 2.10. The van der Waals surface area contributed by atoms with Crippen molar-refractivity contribution >= 4 is 11.6 Å². The molecule has 1 aromatic rings. The lowest BCUT2D eigenvalue weighted by Crippen LogP contribution is -2.29. The molecule has 0 aliphatic rings. The molecular formula is C13H18ClFO. The van der Waals surface area contributed by atoms with Crippen LogP contribution in [0.1, 0.15) is 32.8 Å². The summed E-state index contributed by atoms with van der Waals surface area (Å²) in [6.07, 6.45) is 0.927. The molecule has 1 N–H and O–H groups in total. The van der Waals surface area contributed by atoms with E-state index < -0.39 is 11.4 Å². The Bertz CT molecular complexity index is 361. The lowest BCUT2D eigenvalue weighted by atomic mass is 9.88. The van der Waals surface area contributed by atoms with E-state index in [1.165, 1.54) is 6.07 Å². The highest BCUT2D eigenvalue weighted by molar-refractivity contribution is 6.30. The summed E-state index contributed by atoms with van der Waals surface area (Å²) in [5.74, 6) is -0.0505.